The van der Waals surface area contributed by atoms with Crippen molar-refractivity contribution in [3.8, 4) is 0 Å². The predicted octanol–water partition coefficient (Wildman–Crippen LogP) is 1.86. The van der Waals surface area contributed by atoms with Gasteiger partial charge in [-0.3, -0.25) is 4.79 Å². The van der Waals surface area contributed by atoms with E-state index in [9.17, 15) is 15.0 Å². The molecule has 2 N–H and O–H groups in total. The molecule has 0 radical (unpaired) electrons. The maximum absolute atomic E-state index is 12.8. The van der Waals surface area contributed by atoms with E-state index < -0.39 is 23.0 Å². The van der Waals surface area contributed by atoms with Crippen LogP contribution in [-0.2, 0) is 6.42 Å². The van der Waals surface area contributed by atoms with Crippen LogP contribution in [0, 0.1) is 18.3 Å². The summed E-state index contributed by atoms with van der Waals surface area (Å²) in [5.74, 6) is 0.00398. The Balaban J connectivity index is 2.18. The minimum atomic E-state index is -1.06. The van der Waals surface area contributed by atoms with Crippen LogP contribution in [0.4, 0.5) is 0 Å². The van der Waals surface area contributed by atoms with Crippen LogP contribution in [-0.4, -0.2) is 27.7 Å². The number of aliphatic hydroxyl groups is 2. The average molecular weight is 264 g/mol. The van der Waals surface area contributed by atoms with Crippen LogP contribution in [0.25, 0.3) is 0 Å². The van der Waals surface area contributed by atoms with Gasteiger partial charge in [0, 0.05) is 11.8 Å². The molecule has 0 aromatic carbocycles. The second kappa shape index (κ2) is 3.70. The molecule has 4 heteroatoms. The van der Waals surface area contributed by atoms with E-state index in [1.807, 2.05) is 13.8 Å². The highest BCUT2D eigenvalue weighted by Gasteiger charge is 2.59. The van der Waals surface area contributed by atoms with Crippen LogP contribution in [0.2, 0.25) is 0 Å². The third-order valence-corrected chi connectivity index (χ3v) is 5.07. The van der Waals surface area contributed by atoms with Gasteiger partial charge in [-0.05, 0) is 32.3 Å². The van der Waals surface area contributed by atoms with E-state index >= 15 is 0 Å². The Labute approximate surface area is 112 Å². The molecule has 0 unspecified atom stereocenters. The van der Waals surface area contributed by atoms with Crippen molar-refractivity contribution in [3.63, 3.8) is 0 Å². The van der Waals surface area contributed by atoms with Gasteiger partial charge in [-0.15, -0.1) is 0 Å². The van der Waals surface area contributed by atoms with Crippen LogP contribution in [0.5, 0.6) is 0 Å². The molecule has 1 saturated carbocycles. The molecule has 1 aromatic heterocycles. The Morgan fingerprint density at radius 2 is 2.11 bits per heavy atom. The van der Waals surface area contributed by atoms with Crippen LogP contribution in [0.3, 0.4) is 0 Å². The largest absolute Gasteiger partial charge is 0.468 e. The lowest BCUT2D eigenvalue weighted by atomic mass is 9.53. The normalized spacial score (nSPS) is 41.8. The number of Topliss-reactive ketones (excluding diaryl/α,β-unsaturated/α-hetero) is 1. The van der Waals surface area contributed by atoms with Crippen molar-refractivity contribution in [2.75, 3.05) is 0 Å². The Morgan fingerprint density at radius 3 is 2.79 bits per heavy atom. The summed E-state index contributed by atoms with van der Waals surface area (Å²) in [6, 6.07) is 0. The van der Waals surface area contributed by atoms with Crippen molar-refractivity contribution in [2.45, 2.75) is 51.7 Å². The number of hydrogen-bond donors (Lipinski definition) is 2. The molecule has 0 spiro atoms. The van der Waals surface area contributed by atoms with Gasteiger partial charge in [0.2, 0.25) is 0 Å². The zero-order chi connectivity index (χ0) is 14.0. The van der Waals surface area contributed by atoms with E-state index in [0.29, 0.717) is 30.6 Å². The van der Waals surface area contributed by atoms with E-state index in [2.05, 4.69) is 0 Å². The zero-order valence-electron chi connectivity index (χ0n) is 11.6. The summed E-state index contributed by atoms with van der Waals surface area (Å²) >= 11 is 0. The molecule has 0 saturated heterocycles. The molecule has 104 valence electrons. The molecule has 0 aliphatic heterocycles. The predicted molar refractivity (Wildman–Crippen MR) is 68.9 cm³/mol. The number of hydrogen-bond acceptors (Lipinski definition) is 4. The fraction of sp³-hybridized carbons (Fsp3) is 0.667. The first-order chi connectivity index (χ1) is 8.77. The molecule has 19 heavy (non-hydrogen) atoms. The first kappa shape index (κ1) is 12.9. The van der Waals surface area contributed by atoms with Gasteiger partial charge in [-0.25, -0.2) is 0 Å². The lowest BCUT2D eigenvalue weighted by Gasteiger charge is -2.53. The highest BCUT2D eigenvalue weighted by Crippen LogP contribution is 2.53. The van der Waals surface area contributed by atoms with Crippen molar-refractivity contribution in [1.82, 2.24) is 0 Å². The summed E-state index contributed by atoms with van der Waals surface area (Å²) < 4.78 is 5.47. The minimum Gasteiger partial charge on any atom is -0.468 e. The van der Waals surface area contributed by atoms with Crippen molar-refractivity contribution in [3.05, 3.63) is 23.2 Å². The van der Waals surface area contributed by atoms with Gasteiger partial charge < -0.3 is 14.6 Å². The second-order valence-electron chi connectivity index (χ2n) is 6.61. The summed E-state index contributed by atoms with van der Waals surface area (Å²) in [6.45, 7) is 5.44. The molecule has 3 rings (SSSR count). The van der Waals surface area contributed by atoms with Crippen LogP contribution >= 0.6 is 0 Å². The van der Waals surface area contributed by atoms with Crippen LogP contribution < -0.4 is 0 Å². The number of carbonyl (C=O) groups is 1. The lowest BCUT2D eigenvalue weighted by Crippen LogP contribution is -2.60. The number of rotatable bonds is 0. The maximum atomic E-state index is 12.8. The fourth-order valence-electron chi connectivity index (χ4n) is 4.06. The lowest BCUT2D eigenvalue weighted by molar-refractivity contribution is -0.136. The van der Waals surface area contributed by atoms with Gasteiger partial charge in [0.05, 0.1) is 29.4 Å². The summed E-state index contributed by atoms with van der Waals surface area (Å²) in [5, 5.41) is 21.0. The van der Waals surface area contributed by atoms with E-state index in [-0.39, 0.29) is 5.78 Å². The van der Waals surface area contributed by atoms with E-state index in [1.165, 1.54) is 0 Å². The van der Waals surface area contributed by atoms with Gasteiger partial charge in [-0.2, -0.15) is 0 Å². The number of furan rings is 1. The van der Waals surface area contributed by atoms with Crippen LogP contribution in [0.15, 0.2) is 10.7 Å². The van der Waals surface area contributed by atoms with E-state index in [4.69, 9.17) is 4.42 Å². The molecule has 1 fully saturated rings. The molecular weight excluding hydrogens is 244 g/mol. The SMILES string of the molecule is Cc1coc2c1C(=O)[C@@H]1[C@@](C)(C2)[C@@H](O)CC[C@@]1(C)O. The van der Waals surface area contributed by atoms with E-state index in [1.54, 1.807) is 13.2 Å². The third kappa shape index (κ3) is 1.56. The summed E-state index contributed by atoms with van der Waals surface area (Å²) in [5.41, 5.74) is -0.280. The summed E-state index contributed by atoms with van der Waals surface area (Å²) in [7, 11) is 0. The second-order valence-corrected chi connectivity index (χ2v) is 6.61. The highest BCUT2D eigenvalue weighted by molar-refractivity contribution is 6.02. The van der Waals surface area contributed by atoms with Crippen molar-refractivity contribution >= 4 is 5.78 Å². The van der Waals surface area contributed by atoms with E-state index in [0.717, 1.165) is 5.56 Å². The molecule has 2 aliphatic rings. The fourth-order valence-corrected chi connectivity index (χ4v) is 4.06. The van der Waals surface area contributed by atoms with Gasteiger partial charge >= 0.3 is 0 Å². The van der Waals surface area contributed by atoms with Gasteiger partial charge in [0.15, 0.2) is 5.78 Å². The van der Waals surface area contributed by atoms with Gasteiger partial charge in [0.1, 0.15) is 5.76 Å². The molecule has 2 aliphatic carbocycles. The Morgan fingerprint density at radius 1 is 1.42 bits per heavy atom. The highest BCUT2D eigenvalue weighted by atomic mass is 16.3. The number of aryl methyl sites for hydroxylation is 1. The zero-order valence-corrected chi connectivity index (χ0v) is 11.6. The average Bonchev–Trinajstić information content (AvgIpc) is 2.65. The smallest absolute Gasteiger partial charge is 0.173 e. The topological polar surface area (TPSA) is 70.7 Å². The summed E-state index contributed by atoms with van der Waals surface area (Å²) in [4.78, 5) is 12.8. The molecule has 1 aromatic rings. The Kier molecular flexibility index (Phi) is 2.51. The quantitative estimate of drug-likeness (QED) is 0.750. The van der Waals surface area contributed by atoms with Crippen molar-refractivity contribution in [2.24, 2.45) is 11.3 Å². The summed E-state index contributed by atoms with van der Waals surface area (Å²) in [6.07, 6.45) is 2.48. The first-order valence-corrected chi connectivity index (χ1v) is 6.79. The number of fused-ring (bicyclic) bond motifs is 2. The number of carbonyl (C=O) groups excluding carboxylic acids is 1. The van der Waals surface area contributed by atoms with Gasteiger partial charge in [0.25, 0.3) is 0 Å². The molecule has 0 bridgehead atoms. The first-order valence-electron chi connectivity index (χ1n) is 6.79. The number of aliphatic hydroxyl groups excluding tert-OH is 1. The van der Waals surface area contributed by atoms with Crippen molar-refractivity contribution < 1.29 is 19.4 Å². The Hall–Kier alpha value is -1.13. The molecule has 4 atom stereocenters. The third-order valence-electron chi connectivity index (χ3n) is 5.07. The molecular formula is C15H20O4. The minimum absolute atomic E-state index is 0.0845. The molecule has 0 amide bonds. The van der Waals surface area contributed by atoms with Gasteiger partial charge in [-0.1, -0.05) is 6.92 Å². The molecule has 4 nitrogen and oxygen atoms in total. The monoisotopic (exact) mass is 264 g/mol. The maximum Gasteiger partial charge on any atom is 0.173 e. The van der Waals surface area contributed by atoms with Crippen molar-refractivity contribution in [1.29, 1.82) is 0 Å². The Bertz CT molecular complexity index is 542. The molecule has 1 heterocycles. The number of ketones is 1. The standard InChI is InChI=1S/C15H20O4/c1-8-7-19-9-6-14(2)10(16)4-5-15(3,18)13(14)12(17)11(8)9/h7,10,13,16,18H,4-6H2,1-3H3/t10-,13+,14-,15+/m0/s1. The van der Waals surface area contributed by atoms with Crippen LogP contribution in [0.1, 0.15) is 48.4 Å².